The van der Waals surface area contributed by atoms with Crippen LogP contribution in [0.1, 0.15) is 39.5 Å². The van der Waals surface area contributed by atoms with E-state index in [2.05, 4.69) is 20.3 Å². The van der Waals surface area contributed by atoms with Crippen LogP contribution < -0.4 is 20.7 Å². The Labute approximate surface area is 243 Å². The minimum atomic E-state index is -0.752. The molecule has 1 aliphatic rings. The number of likely N-dealkylation sites (tertiary alicyclic amines) is 1. The highest BCUT2D eigenvalue weighted by atomic mass is 32.2. The minimum Gasteiger partial charge on any atom is -0.497 e. The zero-order chi connectivity index (χ0) is 29.4. The Kier molecular flexibility index (Phi) is 10.5. The van der Waals surface area contributed by atoms with Gasteiger partial charge in [0, 0.05) is 36.6 Å². The second-order valence-corrected chi connectivity index (χ2v) is 11.3. The van der Waals surface area contributed by atoms with Crippen molar-refractivity contribution in [3.63, 3.8) is 0 Å². The fourth-order valence-electron chi connectivity index (χ4n) is 4.49. The third-order valence-corrected chi connectivity index (χ3v) is 7.36. The number of benzene rings is 2. The maximum absolute atomic E-state index is 13.9. The quantitative estimate of drug-likeness (QED) is 0.297. The first kappa shape index (κ1) is 30.2. The third-order valence-electron chi connectivity index (χ3n) is 6.48. The third kappa shape index (κ3) is 8.61. The zero-order valence-corrected chi connectivity index (χ0v) is 24.4. The average molecular weight is 582 g/mol. The molecule has 0 bridgehead atoms. The number of nitrogens with zero attached hydrogens (tertiary/aromatic N) is 5. The van der Waals surface area contributed by atoms with Gasteiger partial charge in [-0.1, -0.05) is 19.9 Å². The lowest BCUT2D eigenvalue weighted by Gasteiger charge is -2.26. The summed E-state index contributed by atoms with van der Waals surface area (Å²) in [6.07, 6.45) is 2.42. The van der Waals surface area contributed by atoms with Crippen molar-refractivity contribution in [3.8, 4) is 5.75 Å². The van der Waals surface area contributed by atoms with Crippen LogP contribution in [0.3, 0.4) is 0 Å². The number of amides is 2. The van der Waals surface area contributed by atoms with Crippen LogP contribution in [0.15, 0.2) is 58.6 Å². The summed E-state index contributed by atoms with van der Waals surface area (Å²) in [6, 6.07) is 12.6. The largest absolute Gasteiger partial charge is 0.497 e. The van der Waals surface area contributed by atoms with Gasteiger partial charge in [-0.2, -0.15) is 15.0 Å². The van der Waals surface area contributed by atoms with Crippen LogP contribution in [-0.4, -0.2) is 64.5 Å². The van der Waals surface area contributed by atoms with Gasteiger partial charge in [0.05, 0.1) is 13.2 Å². The van der Waals surface area contributed by atoms with Gasteiger partial charge in [-0.3, -0.25) is 14.5 Å². The highest BCUT2D eigenvalue weighted by molar-refractivity contribution is 7.99. The van der Waals surface area contributed by atoms with Crippen LogP contribution in [0.4, 0.5) is 22.0 Å². The maximum Gasteiger partial charge on any atom is 0.246 e. The van der Waals surface area contributed by atoms with Gasteiger partial charge >= 0.3 is 0 Å². The van der Waals surface area contributed by atoms with Crippen LogP contribution in [-0.2, 0) is 9.59 Å². The first-order chi connectivity index (χ1) is 19.7. The molecule has 1 atom stereocenters. The smallest absolute Gasteiger partial charge is 0.246 e. The Bertz CT molecular complexity index is 1340. The Hall–Kier alpha value is -3.77. The lowest BCUT2D eigenvalue weighted by atomic mass is 10.0. The van der Waals surface area contributed by atoms with Crippen molar-refractivity contribution in [1.82, 2.24) is 19.9 Å². The van der Waals surface area contributed by atoms with Crippen molar-refractivity contribution in [3.05, 3.63) is 54.3 Å². The molecule has 0 radical (unpaired) electrons. The van der Waals surface area contributed by atoms with Crippen LogP contribution in [0.2, 0.25) is 0 Å². The van der Waals surface area contributed by atoms with Crippen molar-refractivity contribution < 1.29 is 18.7 Å². The number of rotatable bonds is 13. The van der Waals surface area contributed by atoms with E-state index in [1.165, 1.54) is 28.8 Å². The topological polar surface area (TPSA) is 127 Å². The Morgan fingerprint density at radius 2 is 1.98 bits per heavy atom. The first-order valence-electron chi connectivity index (χ1n) is 13.7. The minimum absolute atomic E-state index is 0.124. The number of carbonyl (C=O) groups is 2. The number of hydrogen-bond acceptors (Lipinski definition) is 9. The molecular weight excluding hydrogens is 545 g/mol. The zero-order valence-electron chi connectivity index (χ0n) is 23.5. The molecule has 12 heteroatoms. The summed E-state index contributed by atoms with van der Waals surface area (Å²) < 4.78 is 19.1. The van der Waals surface area contributed by atoms with Crippen LogP contribution in [0.25, 0.3) is 0 Å². The van der Waals surface area contributed by atoms with Gasteiger partial charge in [0.1, 0.15) is 11.6 Å². The van der Waals surface area contributed by atoms with Gasteiger partial charge in [0.25, 0.3) is 0 Å². The van der Waals surface area contributed by atoms with E-state index in [0.29, 0.717) is 42.4 Å². The van der Waals surface area contributed by atoms with E-state index in [1.807, 2.05) is 43.0 Å². The Balaban J connectivity index is 1.67. The van der Waals surface area contributed by atoms with Crippen LogP contribution >= 0.6 is 11.8 Å². The van der Waals surface area contributed by atoms with Gasteiger partial charge < -0.3 is 20.7 Å². The summed E-state index contributed by atoms with van der Waals surface area (Å²) in [7, 11) is 1.60. The average Bonchev–Trinajstić information content (AvgIpc) is 3.35. The molecule has 1 aromatic heterocycles. The number of ether oxygens (including phenoxy) is 1. The predicted octanol–water partition coefficient (Wildman–Crippen LogP) is 4.63. The van der Waals surface area contributed by atoms with Crippen molar-refractivity contribution >= 4 is 41.2 Å². The van der Waals surface area contributed by atoms with Crippen molar-refractivity contribution in [2.24, 2.45) is 11.7 Å². The summed E-state index contributed by atoms with van der Waals surface area (Å²) in [5, 5.41) is 3.37. The number of anilines is 3. The molecule has 3 aromatic rings. The second-order valence-electron chi connectivity index (χ2n) is 10.2. The van der Waals surface area contributed by atoms with Gasteiger partial charge in [-0.05, 0) is 79.4 Å². The summed E-state index contributed by atoms with van der Waals surface area (Å²) in [4.78, 5) is 43.7. The number of aromatic nitrogens is 3. The molecule has 2 aromatic carbocycles. The van der Waals surface area contributed by atoms with E-state index in [0.717, 1.165) is 17.9 Å². The molecule has 0 aliphatic carbocycles. The summed E-state index contributed by atoms with van der Waals surface area (Å²) in [5.41, 5.74) is 6.79. The maximum atomic E-state index is 13.9. The van der Waals surface area contributed by atoms with E-state index < -0.39 is 11.9 Å². The monoisotopic (exact) mass is 581 g/mol. The highest BCUT2D eigenvalue weighted by Crippen LogP contribution is 2.29. The lowest BCUT2D eigenvalue weighted by Crippen LogP contribution is -2.46. The Morgan fingerprint density at radius 1 is 1.20 bits per heavy atom. The second kappa shape index (κ2) is 14.2. The van der Waals surface area contributed by atoms with Crippen molar-refractivity contribution in [2.75, 3.05) is 37.0 Å². The number of methoxy groups -OCH3 is 1. The van der Waals surface area contributed by atoms with Gasteiger partial charge in [0.15, 0.2) is 5.16 Å². The SMILES string of the molecule is COc1ccc(Sc2nc(Nc3cccc(F)c3)nc(N(CCCN3CCCC3=O)C(=O)[C@@H](N)CC(C)C)n2)cc1. The summed E-state index contributed by atoms with van der Waals surface area (Å²) in [5.74, 6) is 0.613. The summed E-state index contributed by atoms with van der Waals surface area (Å²) >= 11 is 1.29. The van der Waals surface area contributed by atoms with E-state index >= 15 is 0 Å². The standard InChI is InChI=1S/C29H36FN7O3S/c1-19(2)17-24(31)26(39)37(16-6-15-36-14-5-9-25(36)38)28-33-27(32-21-8-4-7-20(30)18-21)34-29(35-28)41-23-12-10-22(40-3)11-13-23/h4,7-8,10-13,18-19,24H,5-6,9,14-17,31H2,1-3H3,(H,32,33,34,35)/t24-/m0/s1. The van der Waals surface area contributed by atoms with E-state index in [9.17, 15) is 14.0 Å². The normalized spacial score (nSPS) is 13.9. The molecule has 0 saturated carbocycles. The van der Waals surface area contributed by atoms with Crippen LogP contribution in [0, 0.1) is 11.7 Å². The molecule has 0 spiro atoms. The molecule has 218 valence electrons. The molecule has 4 rings (SSSR count). The number of carbonyl (C=O) groups excluding carboxylic acids is 2. The van der Waals surface area contributed by atoms with Crippen LogP contribution in [0.5, 0.6) is 5.75 Å². The number of nitrogens with one attached hydrogen (secondary N) is 1. The molecule has 1 saturated heterocycles. The fourth-order valence-corrected chi connectivity index (χ4v) is 5.23. The molecule has 0 unspecified atom stereocenters. The van der Waals surface area contributed by atoms with Crippen molar-refractivity contribution in [2.45, 2.75) is 55.6 Å². The molecular formula is C29H36FN7O3S. The van der Waals surface area contributed by atoms with E-state index in [1.54, 1.807) is 19.2 Å². The molecule has 1 aliphatic heterocycles. The number of nitrogens with two attached hydrogens (primary N) is 1. The molecule has 2 heterocycles. The number of halogens is 1. The van der Waals surface area contributed by atoms with Gasteiger partial charge in [-0.25, -0.2) is 4.39 Å². The molecule has 2 amide bonds. The van der Waals surface area contributed by atoms with E-state index in [-0.39, 0.29) is 36.2 Å². The molecule has 10 nitrogen and oxygen atoms in total. The fraction of sp³-hybridized carbons (Fsp3) is 0.414. The Morgan fingerprint density at radius 3 is 2.63 bits per heavy atom. The lowest BCUT2D eigenvalue weighted by molar-refractivity contribution is -0.127. The van der Waals surface area contributed by atoms with E-state index in [4.69, 9.17) is 10.5 Å². The predicted molar refractivity (Wildman–Crippen MR) is 157 cm³/mol. The number of hydrogen-bond donors (Lipinski definition) is 2. The van der Waals surface area contributed by atoms with Crippen molar-refractivity contribution in [1.29, 1.82) is 0 Å². The van der Waals surface area contributed by atoms with Gasteiger partial charge in [0.2, 0.25) is 23.7 Å². The summed E-state index contributed by atoms with van der Waals surface area (Å²) in [6.45, 7) is 5.52. The first-order valence-corrected chi connectivity index (χ1v) is 14.5. The molecule has 3 N–H and O–H groups in total. The molecule has 1 fully saturated rings. The highest BCUT2D eigenvalue weighted by Gasteiger charge is 2.27. The molecule has 41 heavy (non-hydrogen) atoms. The van der Waals surface area contributed by atoms with Gasteiger partial charge in [-0.15, -0.1) is 0 Å².